The van der Waals surface area contributed by atoms with Crippen molar-refractivity contribution in [3.63, 3.8) is 0 Å². The van der Waals surface area contributed by atoms with E-state index in [-0.39, 0.29) is 5.41 Å². The van der Waals surface area contributed by atoms with E-state index in [1.54, 1.807) is 0 Å². The molecule has 0 amide bonds. The SMILES string of the molecule is CC1(C)c2ccccc2-c2ccc(-c3cc(-c4ccc(-c5ccccc5)cc4)cc(-c4ccc5oc6cccc(-c7nc(-c8ccccc8)nc(-c8ccccc8)n7)c6c5c4)c3)cc21. The van der Waals surface area contributed by atoms with E-state index in [9.17, 15) is 0 Å². The first kappa shape index (κ1) is 37.5. The van der Waals surface area contributed by atoms with E-state index in [2.05, 4.69) is 153 Å². The third-order valence-corrected chi connectivity index (χ3v) is 12.9. The van der Waals surface area contributed by atoms with Gasteiger partial charge in [-0.15, -0.1) is 0 Å². The standard InChI is InChI=1S/C60H41N3O/c1-60(2)52-23-13-12-21-48(52)49-31-29-44(37-53(49)60)47-34-45(40-27-25-39(26-28-40)38-15-6-3-7-16-38)33-46(35-47)43-30-32-54-51(36-43)56-50(22-14-24-55(56)64-54)59-62-57(41-17-8-4-9-18-41)61-58(63-59)42-19-10-5-11-20-42/h3-37H,1-2H3. The van der Waals surface area contributed by atoms with E-state index in [1.807, 2.05) is 72.8 Å². The number of rotatable bonds is 7. The van der Waals surface area contributed by atoms with Gasteiger partial charge in [0.2, 0.25) is 0 Å². The van der Waals surface area contributed by atoms with Crippen molar-refractivity contribution in [2.24, 2.45) is 0 Å². The van der Waals surface area contributed by atoms with E-state index in [0.29, 0.717) is 17.5 Å². The molecule has 2 heterocycles. The van der Waals surface area contributed by atoms with Crippen molar-refractivity contribution in [2.75, 3.05) is 0 Å². The first-order chi connectivity index (χ1) is 31.4. The summed E-state index contributed by atoms with van der Waals surface area (Å²) in [6.07, 6.45) is 0. The summed E-state index contributed by atoms with van der Waals surface area (Å²) in [6.45, 7) is 4.69. The fourth-order valence-electron chi connectivity index (χ4n) is 9.62. The Labute approximate surface area is 372 Å². The lowest BCUT2D eigenvalue weighted by Gasteiger charge is -2.22. The second-order valence-electron chi connectivity index (χ2n) is 17.2. The molecule has 0 fully saturated rings. The van der Waals surface area contributed by atoms with Crippen LogP contribution in [0.2, 0.25) is 0 Å². The van der Waals surface area contributed by atoms with Gasteiger partial charge in [0.15, 0.2) is 17.5 Å². The molecule has 12 rings (SSSR count). The molecule has 0 radical (unpaired) electrons. The zero-order valence-electron chi connectivity index (χ0n) is 35.5. The van der Waals surface area contributed by atoms with Gasteiger partial charge in [0.05, 0.1) is 0 Å². The fourth-order valence-corrected chi connectivity index (χ4v) is 9.62. The van der Waals surface area contributed by atoms with Crippen LogP contribution in [0.15, 0.2) is 217 Å². The van der Waals surface area contributed by atoms with Crippen molar-refractivity contribution in [1.82, 2.24) is 15.0 Å². The van der Waals surface area contributed by atoms with E-state index >= 15 is 0 Å². The third kappa shape index (κ3) is 6.42. The highest BCUT2D eigenvalue weighted by Gasteiger charge is 2.35. The van der Waals surface area contributed by atoms with Crippen molar-refractivity contribution < 1.29 is 4.42 Å². The minimum Gasteiger partial charge on any atom is -0.456 e. The Hall–Kier alpha value is -8.21. The van der Waals surface area contributed by atoms with Crippen LogP contribution in [0.1, 0.15) is 25.0 Å². The van der Waals surface area contributed by atoms with Crippen LogP contribution in [0.25, 0.3) is 112 Å². The van der Waals surface area contributed by atoms with Gasteiger partial charge < -0.3 is 4.42 Å². The van der Waals surface area contributed by atoms with Gasteiger partial charge in [0, 0.05) is 32.9 Å². The van der Waals surface area contributed by atoms with Gasteiger partial charge in [0.25, 0.3) is 0 Å². The maximum atomic E-state index is 6.59. The molecule has 0 saturated heterocycles. The fraction of sp³-hybridized carbons (Fsp3) is 0.0500. The van der Waals surface area contributed by atoms with E-state index in [1.165, 1.54) is 44.5 Å². The molecule has 2 aromatic heterocycles. The number of aromatic nitrogens is 3. The summed E-state index contributed by atoms with van der Waals surface area (Å²) in [5, 5.41) is 1.97. The van der Waals surface area contributed by atoms with Crippen molar-refractivity contribution in [3.05, 3.63) is 223 Å². The van der Waals surface area contributed by atoms with Gasteiger partial charge in [-0.05, 0) is 109 Å². The Balaban J connectivity index is 1.03. The molecule has 0 N–H and O–H groups in total. The molecule has 0 aliphatic heterocycles. The number of hydrogen-bond acceptors (Lipinski definition) is 4. The molecule has 302 valence electrons. The molecule has 0 atom stereocenters. The van der Waals surface area contributed by atoms with Crippen LogP contribution in [-0.4, -0.2) is 15.0 Å². The van der Waals surface area contributed by atoms with Crippen LogP contribution < -0.4 is 0 Å². The zero-order valence-corrected chi connectivity index (χ0v) is 35.5. The first-order valence-electron chi connectivity index (χ1n) is 21.8. The molecular formula is C60H41N3O. The summed E-state index contributed by atoms with van der Waals surface area (Å²) in [6, 6.07) is 75.3. The molecule has 0 unspecified atom stereocenters. The lowest BCUT2D eigenvalue weighted by Crippen LogP contribution is -2.14. The predicted molar refractivity (Wildman–Crippen MR) is 263 cm³/mol. The quantitative estimate of drug-likeness (QED) is 0.161. The zero-order chi connectivity index (χ0) is 42.8. The van der Waals surface area contributed by atoms with E-state index in [4.69, 9.17) is 19.4 Å². The number of furan rings is 1. The Kier molecular flexibility index (Phi) is 8.80. The topological polar surface area (TPSA) is 51.8 Å². The summed E-state index contributed by atoms with van der Waals surface area (Å²) < 4.78 is 6.59. The molecular weight excluding hydrogens is 779 g/mol. The maximum absolute atomic E-state index is 6.59. The molecule has 64 heavy (non-hydrogen) atoms. The largest absolute Gasteiger partial charge is 0.456 e. The van der Waals surface area contributed by atoms with Crippen molar-refractivity contribution >= 4 is 21.9 Å². The van der Waals surface area contributed by atoms with Gasteiger partial charge >= 0.3 is 0 Å². The minimum absolute atomic E-state index is 0.108. The lowest BCUT2D eigenvalue weighted by molar-refractivity contribution is 0.660. The van der Waals surface area contributed by atoms with Crippen LogP contribution in [0, 0.1) is 0 Å². The van der Waals surface area contributed by atoms with Crippen LogP contribution in [0.5, 0.6) is 0 Å². The molecule has 4 heteroatoms. The van der Waals surface area contributed by atoms with Crippen LogP contribution >= 0.6 is 0 Å². The molecule has 0 bridgehead atoms. The van der Waals surface area contributed by atoms with Crippen LogP contribution in [-0.2, 0) is 5.41 Å². The number of hydrogen-bond donors (Lipinski definition) is 0. The summed E-state index contributed by atoms with van der Waals surface area (Å²) >= 11 is 0. The monoisotopic (exact) mass is 819 g/mol. The highest BCUT2D eigenvalue weighted by atomic mass is 16.3. The third-order valence-electron chi connectivity index (χ3n) is 12.9. The number of nitrogens with zero attached hydrogens (tertiary/aromatic N) is 3. The highest BCUT2D eigenvalue weighted by molar-refractivity contribution is 6.13. The van der Waals surface area contributed by atoms with Crippen LogP contribution in [0.4, 0.5) is 0 Å². The Morgan fingerprint density at radius 2 is 0.781 bits per heavy atom. The molecule has 11 aromatic rings. The molecule has 9 aromatic carbocycles. The van der Waals surface area contributed by atoms with Gasteiger partial charge in [-0.25, -0.2) is 15.0 Å². The van der Waals surface area contributed by atoms with Gasteiger partial charge in [0.1, 0.15) is 11.2 Å². The average molecular weight is 820 g/mol. The van der Waals surface area contributed by atoms with Crippen LogP contribution in [0.3, 0.4) is 0 Å². The van der Waals surface area contributed by atoms with E-state index < -0.39 is 0 Å². The first-order valence-corrected chi connectivity index (χ1v) is 21.8. The van der Waals surface area contributed by atoms with Crippen molar-refractivity contribution in [2.45, 2.75) is 19.3 Å². The second kappa shape index (κ2) is 15.0. The van der Waals surface area contributed by atoms with Gasteiger partial charge in [-0.2, -0.15) is 0 Å². The summed E-state index contributed by atoms with van der Waals surface area (Å²) in [7, 11) is 0. The smallest absolute Gasteiger partial charge is 0.164 e. The average Bonchev–Trinajstić information content (AvgIpc) is 3.85. The summed E-state index contributed by atoms with van der Waals surface area (Å²) in [4.78, 5) is 15.2. The Bertz CT molecular complexity index is 3500. The number of benzene rings is 9. The normalized spacial score (nSPS) is 12.7. The minimum atomic E-state index is -0.108. The molecule has 1 aliphatic rings. The number of fused-ring (bicyclic) bond motifs is 6. The van der Waals surface area contributed by atoms with Gasteiger partial charge in [-0.1, -0.05) is 184 Å². The molecule has 4 nitrogen and oxygen atoms in total. The maximum Gasteiger partial charge on any atom is 0.164 e. The van der Waals surface area contributed by atoms with E-state index in [0.717, 1.165) is 60.9 Å². The van der Waals surface area contributed by atoms with Crippen molar-refractivity contribution in [1.29, 1.82) is 0 Å². The van der Waals surface area contributed by atoms with Gasteiger partial charge in [-0.3, -0.25) is 0 Å². The Morgan fingerprint density at radius 3 is 1.44 bits per heavy atom. The molecule has 0 spiro atoms. The van der Waals surface area contributed by atoms with Crippen molar-refractivity contribution in [3.8, 4) is 89.8 Å². The predicted octanol–water partition coefficient (Wildman–Crippen LogP) is 15.7. The molecule has 0 saturated carbocycles. The highest BCUT2D eigenvalue weighted by Crippen LogP contribution is 2.50. The molecule has 1 aliphatic carbocycles. The lowest BCUT2D eigenvalue weighted by atomic mass is 9.81. The Morgan fingerprint density at radius 1 is 0.312 bits per heavy atom. The second-order valence-corrected chi connectivity index (χ2v) is 17.2. The summed E-state index contributed by atoms with van der Waals surface area (Å²) in [5.41, 5.74) is 18.9. The summed E-state index contributed by atoms with van der Waals surface area (Å²) in [5.74, 6) is 1.83.